The second-order valence-corrected chi connectivity index (χ2v) is 6.17. The molecule has 2 nitrogen and oxygen atoms in total. The molecule has 0 radical (unpaired) electrons. The van der Waals surface area contributed by atoms with Gasteiger partial charge in [-0.1, -0.05) is 50.6 Å². The molecule has 0 spiro atoms. The Hall–Kier alpha value is -0.860. The van der Waals surface area contributed by atoms with Crippen LogP contribution < -0.4 is 5.32 Å². The van der Waals surface area contributed by atoms with Crippen molar-refractivity contribution in [3.05, 3.63) is 35.9 Å². The average molecular weight is 275 g/mol. The Morgan fingerprint density at radius 1 is 1.20 bits per heavy atom. The van der Waals surface area contributed by atoms with E-state index in [0.29, 0.717) is 12.0 Å². The van der Waals surface area contributed by atoms with Gasteiger partial charge in [0.1, 0.15) is 0 Å². The van der Waals surface area contributed by atoms with Crippen LogP contribution in [-0.2, 0) is 10.2 Å². The molecule has 1 aliphatic rings. The molecule has 1 fully saturated rings. The molecule has 1 heterocycles. The second kappa shape index (κ2) is 7.24. The smallest absolute Gasteiger partial charge is 0.0475 e. The predicted octanol–water partition coefficient (Wildman–Crippen LogP) is 3.76. The van der Waals surface area contributed by atoms with Crippen LogP contribution in [0.2, 0.25) is 0 Å². The number of likely N-dealkylation sites (N-methyl/N-ethyl adjacent to an activating group) is 1. The predicted molar refractivity (Wildman–Crippen MR) is 85.1 cm³/mol. The highest BCUT2D eigenvalue weighted by molar-refractivity contribution is 5.29. The maximum Gasteiger partial charge on any atom is 0.0475 e. The highest BCUT2D eigenvalue weighted by atomic mass is 16.5. The van der Waals surface area contributed by atoms with Gasteiger partial charge in [0.05, 0.1) is 0 Å². The van der Waals surface area contributed by atoms with Gasteiger partial charge in [-0.25, -0.2) is 0 Å². The summed E-state index contributed by atoms with van der Waals surface area (Å²) in [6, 6.07) is 11.6. The van der Waals surface area contributed by atoms with Crippen molar-refractivity contribution in [3.63, 3.8) is 0 Å². The summed E-state index contributed by atoms with van der Waals surface area (Å²) in [5.74, 6) is 0.684. The summed E-state index contributed by atoms with van der Waals surface area (Å²) in [5.41, 5.74) is 1.70. The van der Waals surface area contributed by atoms with Crippen LogP contribution in [0.3, 0.4) is 0 Å². The lowest BCUT2D eigenvalue weighted by Gasteiger charge is -2.46. The van der Waals surface area contributed by atoms with Crippen molar-refractivity contribution in [1.29, 1.82) is 0 Å². The zero-order chi connectivity index (χ0) is 14.4. The number of rotatable bonds is 6. The Kier molecular flexibility index (Phi) is 5.62. The van der Waals surface area contributed by atoms with Crippen LogP contribution in [0.4, 0.5) is 0 Å². The van der Waals surface area contributed by atoms with Crippen molar-refractivity contribution >= 4 is 0 Å². The maximum absolute atomic E-state index is 5.65. The highest BCUT2D eigenvalue weighted by Crippen LogP contribution is 2.41. The van der Waals surface area contributed by atoms with Gasteiger partial charge in [0.15, 0.2) is 0 Å². The summed E-state index contributed by atoms with van der Waals surface area (Å²) < 4.78 is 5.65. The first-order chi connectivity index (χ1) is 9.74. The van der Waals surface area contributed by atoms with E-state index in [1.165, 1.54) is 18.4 Å². The lowest BCUT2D eigenvalue weighted by atomic mass is 9.65. The Morgan fingerprint density at radius 3 is 2.40 bits per heavy atom. The molecule has 0 amide bonds. The first-order valence-electron chi connectivity index (χ1n) is 8.05. The molecule has 1 aromatic rings. The summed E-state index contributed by atoms with van der Waals surface area (Å²) in [5, 5.41) is 3.64. The van der Waals surface area contributed by atoms with E-state index >= 15 is 0 Å². The van der Waals surface area contributed by atoms with Gasteiger partial charge in [-0.05, 0) is 37.8 Å². The standard InChI is InChI=1S/C18H29NO/c1-4-8-15(2)17(19-3)18(11-13-20-14-12-18)16-9-6-5-7-10-16/h5-7,9-10,15,17,19H,4,8,11-14H2,1-3H3. The van der Waals surface area contributed by atoms with E-state index in [-0.39, 0.29) is 5.41 Å². The van der Waals surface area contributed by atoms with Crippen molar-refractivity contribution in [2.45, 2.75) is 51.0 Å². The van der Waals surface area contributed by atoms with Gasteiger partial charge in [-0.15, -0.1) is 0 Å². The van der Waals surface area contributed by atoms with Crippen LogP contribution in [0.25, 0.3) is 0 Å². The summed E-state index contributed by atoms with van der Waals surface area (Å²) in [4.78, 5) is 0. The van der Waals surface area contributed by atoms with E-state index in [9.17, 15) is 0 Å². The van der Waals surface area contributed by atoms with Gasteiger partial charge >= 0.3 is 0 Å². The van der Waals surface area contributed by atoms with Crippen LogP contribution in [0.15, 0.2) is 30.3 Å². The van der Waals surface area contributed by atoms with Gasteiger partial charge in [-0.3, -0.25) is 0 Å². The molecule has 1 aliphatic heterocycles. The van der Waals surface area contributed by atoms with Crippen molar-refractivity contribution in [2.75, 3.05) is 20.3 Å². The molecule has 0 saturated carbocycles. The molecular formula is C18H29NO. The third-order valence-electron chi connectivity index (χ3n) is 4.95. The van der Waals surface area contributed by atoms with E-state index < -0.39 is 0 Å². The van der Waals surface area contributed by atoms with Crippen LogP contribution in [0.5, 0.6) is 0 Å². The maximum atomic E-state index is 5.65. The van der Waals surface area contributed by atoms with Crippen LogP contribution >= 0.6 is 0 Å². The molecule has 20 heavy (non-hydrogen) atoms. The average Bonchev–Trinajstić information content (AvgIpc) is 2.50. The minimum atomic E-state index is 0.225. The summed E-state index contributed by atoms with van der Waals surface area (Å²) >= 11 is 0. The first-order valence-corrected chi connectivity index (χ1v) is 8.05. The monoisotopic (exact) mass is 275 g/mol. The Balaban J connectivity index is 2.35. The fourth-order valence-corrected chi connectivity index (χ4v) is 4.01. The first kappa shape index (κ1) is 15.5. The van der Waals surface area contributed by atoms with Crippen LogP contribution in [0, 0.1) is 5.92 Å². The molecule has 1 saturated heterocycles. The molecule has 2 unspecified atom stereocenters. The fraction of sp³-hybridized carbons (Fsp3) is 0.667. The number of benzene rings is 1. The van der Waals surface area contributed by atoms with E-state index in [1.54, 1.807) is 0 Å². The van der Waals surface area contributed by atoms with Gasteiger partial charge in [0.2, 0.25) is 0 Å². The molecule has 2 rings (SSSR count). The lowest BCUT2D eigenvalue weighted by Crippen LogP contribution is -2.53. The van der Waals surface area contributed by atoms with Crippen molar-refractivity contribution in [2.24, 2.45) is 5.92 Å². The Labute approximate surface area is 123 Å². The number of hydrogen-bond acceptors (Lipinski definition) is 2. The SMILES string of the molecule is CCCC(C)C(NC)C1(c2ccccc2)CCOCC1. The molecule has 0 bridgehead atoms. The van der Waals surface area contributed by atoms with Gasteiger partial charge in [-0.2, -0.15) is 0 Å². The quantitative estimate of drug-likeness (QED) is 0.853. The zero-order valence-corrected chi connectivity index (χ0v) is 13.2. The van der Waals surface area contributed by atoms with Crippen LogP contribution in [-0.4, -0.2) is 26.3 Å². The third-order valence-corrected chi connectivity index (χ3v) is 4.95. The van der Waals surface area contributed by atoms with Gasteiger partial charge in [0.25, 0.3) is 0 Å². The Morgan fingerprint density at radius 2 is 1.85 bits per heavy atom. The number of hydrogen-bond donors (Lipinski definition) is 1. The van der Waals surface area contributed by atoms with E-state index in [0.717, 1.165) is 26.1 Å². The topological polar surface area (TPSA) is 21.3 Å². The largest absolute Gasteiger partial charge is 0.381 e. The van der Waals surface area contributed by atoms with Crippen molar-refractivity contribution in [1.82, 2.24) is 5.32 Å². The molecule has 0 aromatic heterocycles. The molecule has 1 aromatic carbocycles. The van der Waals surface area contributed by atoms with Crippen LogP contribution in [0.1, 0.15) is 45.1 Å². The fourth-order valence-electron chi connectivity index (χ4n) is 4.01. The van der Waals surface area contributed by atoms with E-state index in [2.05, 4.69) is 56.5 Å². The second-order valence-electron chi connectivity index (χ2n) is 6.17. The minimum absolute atomic E-state index is 0.225. The minimum Gasteiger partial charge on any atom is -0.381 e. The van der Waals surface area contributed by atoms with E-state index in [4.69, 9.17) is 4.74 Å². The molecule has 112 valence electrons. The molecule has 0 aliphatic carbocycles. The van der Waals surface area contributed by atoms with Gasteiger partial charge < -0.3 is 10.1 Å². The zero-order valence-electron chi connectivity index (χ0n) is 13.2. The number of nitrogens with one attached hydrogen (secondary N) is 1. The van der Waals surface area contributed by atoms with Gasteiger partial charge in [0, 0.05) is 24.7 Å². The van der Waals surface area contributed by atoms with Crippen molar-refractivity contribution < 1.29 is 4.74 Å². The summed E-state index contributed by atoms with van der Waals surface area (Å²) in [6.45, 7) is 6.44. The number of ether oxygens (including phenoxy) is 1. The third kappa shape index (κ3) is 3.07. The molecule has 2 atom stereocenters. The van der Waals surface area contributed by atoms with Crippen molar-refractivity contribution in [3.8, 4) is 0 Å². The molecular weight excluding hydrogens is 246 g/mol. The highest BCUT2D eigenvalue weighted by Gasteiger charge is 2.43. The lowest BCUT2D eigenvalue weighted by molar-refractivity contribution is 0.0257. The van der Waals surface area contributed by atoms with E-state index in [1.807, 2.05) is 0 Å². The normalized spacial score (nSPS) is 21.4. The molecule has 1 N–H and O–H groups in total. The summed E-state index contributed by atoms with van der Waals surface area (Å²) in [7, 11) is 2.12. The summed E-state index contributed by atoms with van der Waals surface area (Å²) in [6.07, 6.45) is 4.77. The Bertz CT molecular complexity index is 384. The molecule has 2 heteroatoms.